The summed E-state index contributed by atoms with van der Waals surface area (Å²) in [5.74, 6) is 1.64. The Bertz CT molecular complexity index is 312. The maximum atomic E-state index is 6.06. The number of aromatic nitrogens is 3. The van der Waals surface area contributed by atoms with E-state index >= 15 is 0 Å². The Morgan fingerprint density at radius 1 is 1.57 bits per heavy atom. The van der Waals surface area contributed by atoms with Crippen LogP contribution in [0.15, 0.2) is 6.33 Å². The largest absolute Gasteiger partial charge is 0.325 e. The average molecular weight is 194 g/mol. The van der Waals surface area contributed by atoms with Crippen molar-refractivity contribution in [2.45, 2.75) is 45.2 Å². The summed E-state index contributed by atoms with van der Waals surface area (Å²) in [6, 6.07) is 0. The van der Waals surface area contributed by atoms with E-state index in [0.717, 1.165) is 31.6 Å². The van der Waals surface area contributed by atoms with Gasteiger partial charge in [-0.1, -0.05) is 13.8 Å². The molecule has 0 spiro atoms. The second-order valence-corrected chi connectivity index (χ2v) is 4.79. The molecule has 0 saturated heterocycles. The van der Waals surface area contributed by atoms with Gasteiger partial charge >= 0.3 is 0 Å². The maximum Gasteiger partial charge on any atom is 0.138 e. The van der Waals surface area contributed by atoms with Gasteiger partial charge in [-0.3, -0.25) is 0 Å². The topological polar surface area (TPSA) is 56.7 Å². The Hall–Kier alpha value is -0.900. The first-order valence-corrected chi connectivity index (χ1v) is 5.25. The van der Waals surface area contributed by atoms with E-state index in [1.165, 1.54) is 0 Å². The molecule has 1 aliphatic carbocycles. The molecular formula is C10H18N4. The third kappa shape index (κ3) is 2.12. The molecule has 2 rings (SSSR count). The molecule has 0 unspecified atom stereocenters. The summed E-state index contributed by atoms with van der Waals surface area (Å²) in [6.45, 7) is 5.30. The Labute approximate surface area is 84.5 Å². The molecule has 0 amide bonds. The van der Waals surface area contributed by atoms with Crippen LogP contribution < -0.4 is 5.73 Å². The van der Waals surface area contributed by atoms with Gasteiger partial charge in [-0.25, -0.2) is 9.67 Å². The zero-order chi connectivity index (χ0) is 10.2. The second-order valence-electron chi connectivity index (χ2n) is 4.79. The molecule has 1 heterocycles. The Kier molecular flexibility index (Phi) is 2.31. The van der Waals surface area contributed by atoms with E-state index in [4.69, 9.17) is 5.73 Å². The van der Waals surface area contributed by atoms with E-state index in [2.05, 4.69) is 23.9 Å². The van der Waals surface area contributed by atoms with Gasteiger partial charge in [0.15, 0.2) is 0 Å². The summed E-state index contributed by atoms with van der Waals surface area (Å²) in [5, 5.41) is 4.22. The van der Waals surface area contributed by atoms with E-state index < -0.39 is 0 Å². The van der Waals surface area contributed by atoms with Crippen LogP contribution in [0.2, 0.25) is 0 Å². The molecule has 2 N–H and O–H groups in total. The summed E-state index contributed by atoms with van der Waals surface area (Å²) in [4.78, 5) is 4.27. The fourth-order valence-corrected chi connectivity index (χ4v) is 1.58. The third-order valence-corrected chi connectivity index (χ3v) is 2.64. The predicted octanol–water partition coefficient (Wildman–Crippen LogP) is 0.968. The van der Waals surface area contributed by atoms with Crippen molar-refractivity contribution in [1.29, 1.82) is 0 Å². The van der Waals surface area contributed by atoms with Gasteiger partial charge in [0, 0.05) is 18.5 Å². The number of hydrogen-bond acceptors (Lipinski definition) is 3. The molecule has 0 aliphatic heterocycles. The van der Waals surface area contributed by atoms with Crippen molar-refractivity contribution in [3.8, 4) is 0 Å². The lowest BCUT2D eigenvalue weighted by Crippen LogP contribution is -2.27. The van der Waals surface area contributed by atoms with Crippen LogP contribution in [0.1, 0.15) is 32.5 Å². The van der Waals surface area contributed by atoms with Crippen molar-refractivity contribution >= 4 is 0 Å². The average Bonchev–Trinajstić information content (AvgIpc) is 2.65. The van der Waals surface area contributed by atoms with Crippen LogP contribution in [-0.4, -0.2) is 20.3 Å². The molecule has 1 aromatic rings. The van der Waals surface area contributed by atoms with Crippen molar-refractivity contribution < 1.29 is 0 Å². The van der Waals surface area contributed by atoms with E-state index in [1.807, 2.05) is 4.68 Å². The molecule has 1 saturated carbocycles. The minimum atomic E-state index is 0.0295. The van der Waals surface area contributed by atoms with E-state index in [-0.39, 0.29) is 5.54 Å². The monoisotopic (exact) mass is 194 g/mol. The van der Waals surface area contributed by atoms with Gasteiger partial charge in [0.25, 0.3) is 0 Å². The maximum absolute atomic E-state index is 6.06. The van der Waals surface area contributed by atoms with Crippen molar-refractivity contribution in [1.82, 2.24) is 14.8 Å². The first-order chi connectivity index (χ1) is 6.59. The zero-order valence-corrected chi connectivity index (χ0v) is 8.90. The predicted molar refractivity (Wildman–Crippen MR) is 54.7 cm³/mol. The molecule has 78 valence electrons. The summed E-state index contributed by atoms with van der Waals surface area (Å²) in [6.07, 6.45) is 4.76. The summed E-state index contributed by atoms with van der Waals surface area (Å²) in [5.41, 5.74) is 6.09. The lowest BCUT2D eigenvalue weighted by atomic mass is 10.2. The first-order valence-electron chi connectivity index (χ1n) is 5.25. The van der Waals surface area contributed by atoms with Crippen LogP contribution in [0.5, 0.6) is 0 Å². The van der Waals surface area contributed by atoms with E-state index in [0.29, 0.717) is 5.92 Å². The van der Waals surface area contributed by atoms with Crippen molar-refractivity contribution in [3.63, 3.8) is 0 Å². The lowest BCUT2D eigenvalue weighted by molar-refractivity contribution is 0.456. The minimum absolute atomic E-state index is 0.0295. The quantitative estimate of drug-likeness (QED) is 0.777. The van der Waals surface area contributed by atoms with Crippen LogP contribution in [0.25, 0.3) is 0 Å². The van der Waals surface area contributed by atoms with Crippen LogP contribution in [-0.2, 0) is 13.0 Å². The Morgan fingerprint density at radius 2 is 2.29 bits per heavy atom. The molecule has 1 fully saturated rings. The smallest absolute Gasteiger partial charge is 0.138 e. The van der Waals surface area contributed by atoms with E-state index in [1.54, 1.807) is 6.33 Å². The summed E-state index contributed by atoms with van der Waals surface area (Å²) < 4.78 is 1.98. The van der Waals surface area contributed by atoms with Gasteiger partial charge in [0.2, 0.25) is 0 Å². The molecule has 0 atom stereocenters. The molecule has 4 nitrogen and oxygen atoms in total. The molecule has 14 heavy (non-hydrogen) atoms. The Balaban J connectivity index is 2.05. The highest BCUT2D eigenvalue weighted by atomic mass is 15.3. The standard InChI is InChI=1S/C10H18N4/c1-8(2)6-14-9(12-7-13-14)5-10(11)3-4-10/h7-8H,3-6,11H2,1-2H3. The van der Waals surface area contributed by atoms with Crippen LogP contribution >= 0.6 is 0 Å². The first kappa shape index (κ1) is 9.65. The Morgan fingerprint density at radius 3 is 2.86 bits per heavy atom. The van der Waals surface area contributed by atoms with Crippen molar-refractivity contribution in [2.75, 3.05) is 0 Å². The SMILES string of the molecule is CC(C)Cn1ncnc1CC1(N)CC1. The third-order valence-electron chi connectivity index (χ3n) is 2.64. The molecular weight excluding hydrogens is 176 g/mol. The zero-order valence-electron chi connectivity index (χ0n) is 8.90. The molecule has 1 aromatic heterocycles. The molecule has 0 aromatic carbocycles. The van der Waals surface area contributed by atoms with Gasteiger partial charge in [-0.05, 0) is 18.8 Å². The molecule has 0 radical (unpaired) electrons. The van der Waals surface area contributed by atoms with Crippen LogP contribution in [0, 0.1) is 5.92 Å². The highest BCUT2D eigenvalue weighted by Crippen LogP contribution is 2.35. The fourth-order valence-electron chi connectivity index (χ4n) is 1.58. The number of rotatable bonds is 4. The van der Waals surface area contributed by atoms with Gasteiger partial charge in [0.05, 0.1) is 0 Å². The highest BCUT2D eigenvalue weighted by molar-refractivity contribution is 5.06. The molecule has 1 aliphatic rings. The minimum Gasteiger partial charge on any atom is -0.325 e. The molecule has 0 bridgehead atoms. The number of nitrogens with zero attached hydrogens (tertiary/aromatic N) is 3. The molecule has 4 heteroatoms. The highest BCUT2D eigenvalue weighted by Gasteiger charge is 2.39. The van der Waals surface area contributed by atoms with Crippen LogP contribution in [0.3, 0.4) is 0 Å². The van der Waals surface area contributed by atoms with Gasteiger partial charge in [0.1, 0.15) is 12.2 Å². The normalized spacial score (nSPS) is 18.9. The van der Waals surface area contributed by atoms with Crippen LogP contribution in [0.4, 0.5) is 0 Å². The van der Waals surface area contributed by atoms with Crippen molar-refractivity contribution in [2.24, 2.45) is 11.7 Å². The number of nitrogens with two attached hydrogens (primary N) is 1. The summed E-state index contributed by atoms with van der Waals surface area (Å²) >= 11 is 0. The second kappa shape index (κ2) is 3.35. The van der Waals surface area contributed by atoms with Crippen molar-refractivity contribution in [3.05, 3.63) is 12.2 Å². The van der Waals surface area contributed by atoms with Gasteiger partial charge in [-0.15, -0.1) is 0 Å². The number of hydrogen-bond donors (Lipinski definition) is 1. The lowest BCUT2D eigenvalue weighted by Gasteiger charge is -2.11. The summed E-state index contributed by atoms with van der Waals surface area (Å²) in [7, 11) is 0. The van der Waals surface area contributed by atoms with Gasteiger partial charge in [-0.2, -0.15) is 5.10 Å². The van der Waals surface area contributed by atoms with Gasteiger partial charge < -0.3 is 5.73 Å². The van der Waals surface area contributed by atoms with E-state index in [9.17, 15) is 0 Å². The fraction of sp³-hybridized carbons (Fsp3) is 0.800.